The van der Waals surface area contributed by atoms with Gasteiger partial charge in [-0.1, -0.05) is 19.0 Å². The monoisotopic (exact) mass is 244 g/mol. The Bertz CT molecular complexity index is 416. The van der Waals surface area contributed by atoms with E-state index in [0.29, 0.717) is 5.76 Å². The van der Waals surface area contributed by atoms with E-state index in [2.05, 4.69) is 5.16 Å². The van der Waals surface area contributed by atoms with Crippen molar-refractivity contribution in [2.75, 3.05) is 6.67 Å². The highest BCUT2D eigenvalue weighted by molar-refractivity contribution is 5.94. The van der Waals surface area contributed by atoms with E-state index in [1.807, 2.05) is 19.2 Å². The number of halogens is 1. The molecular formula is C10H13FN2O4. The van der Waals surface area contributed by atoms with Crippen molar-refractivity contribution in [3.05, 3.63) is 17.5 Å². The van der Waals surface area contributed by atoms with Gasteiger partial charge in [0, 0.05) is 12.0 Å². The van der Waals surface area contributed by atoms with Crippen molar-refractivity contribution >= 4 is 11.9 Å². The van der Waals surface area contributed by atoms with Crippen LogP contribution in [0.5, 0.6) is 0 Å². The van der Waals surface area contributed by atoms with E-state index in [4.69, 9.17) is 9.63 Å². The first-order chi connectivity index (χ1) is 7.95. The predicted octanol–water partition coefficient (Wildman–Crippen LogP) is 0.951. The Balaban J connectivity index is 2.72. The fraction of sp³-hybridized carbons (Fsp3) is 0.500. The molecule has 1 amide bonds. The van der Waals surface area contributed by atoms with Gasteiger partial charge in [-0.2, -0.15) is 0 Å². The van der Waals surface area contributed by atoms with Crippen LogP contribution >= 0.6 is 0 Å². The van der Waals surface area contributed by atoms with Crippen LogP contribution in [0.3, 0.4) is 0 Å². The highest BCUT2D eigenvalue weighted by Crippen LogP contribution is 2.14. The summed E-state index contributed by atoms with van der Waals surface area (Å²) in [6.45, 7) is 2.52. The quantitative estimate of drug-likeness (QED) is 0.804. The molecule has 0 aliphatic carbocycles. The third kappa shape index (κ3) is 3.27. The van der Waals surface area contributed by atoms with Gasteiger partial charge in [-0.25, -0.2) is 9.18 Å². The van der Waals surface area contributed by atoms with E-state index >= 15 is 0 Å². The van der Waals surface area contributed by atoms with Crippen molar-refractivity contribution in [1.29, 1.82) is 0 Å². The molecule has 6 nitrogen and oxygen atoms in total. The van der Waals surface area contributed by atoms with Crippen LogP contribution in [0.1, 0.15) is 36.0 Å². The Morgan fingerprint density at radius 1 is 1.59 bits per heavy atom. The van der Waals surface area contributed by atoms with Gasteiger partial charge in [0.25, 0.3) is 5.91 Å². The minimum absolute atomic E-state index is 0.0560. The summed E-state index contributed by atoms with van der Waals surface area (Å²) in [6.07, 6.45) is 0. The number of hydrogen-bond donors (Lipinski definition) is 2. The number of rotatable bonds is 5. The van der Waals surface area contributed by atoms with Crippen LogP contribution in [0.15, 0.2) is 10.6 Å². The lowest BCUT2D eigenvalue weighted by Crippen LogP contribution is -2.42. The van der Waals surface area contributed by atoms with Gasteiger partial charge in [0.1, 0.15) is 12.4 Å². The Hall–Kier alpha value is -1.92. The van der Waals surface area contributed by atoms with Crippen LogP contribution in [0.25, 0.3) is 0 Å². The summed E-state index contributed by atoms with van der Waals surface area (Å²) in [6, 6.07) is -0.168. The van der Waals surface area contributed by atoms with Crippen LogP contribution < -0.4 is 5.32 Å². The Labute approximate surface area is 96.8 Å². The van der Waals surface area contributed by atoms with E-state index in [9.17, 15) is 14.0 Å². The van der Waals surface area contributed by atoms with E-state index < -0.39 is 24.6 Å². The largest absolute Gasteiger partial charge is 0.480 e. The number of hydrogen-bond acceptors (Lipinski definition) is 4. The number of carboxylic acid groups (broad SMARTS) is 1. The van der Waals surface area contributed by atoms with Crippen molar-refractivity contribution in [2.45, 2.75) is 25.8 Å². The van der Waals surface area contributed by atoms with Crippen molar-refractivity contribution in [1.82, 2.24) is 10.5 Å². The Morgan fingerprint density at radius 3 is 2.65 bits per heavy atom. The summed E-state index contributed by atoms with van der Waals surface area (Å²) < 4.78 is 17.1. The molecule has 0 aliphatic heterocycles. The number of aliphatic carboxylic acids is 1. The van der Waals surface area contributed by atoms with Crippen LogP contribution in [0.2, 0.25) is 0 Å². The summed E-state index contributed by atoms with van der Waals surface area (Å²) in [5, 5.41) is 14.0. The minimum Gasteiger partial charge on any atom is -0.480 e. The number of carboxylic acids is 1. The fourth-order valence-electron chi connectivity index (χ4n) is 1.07. The topological polar surface area (TPSA) is 92.4 Å². The number of alkyl halides is 1. The molecule has 0 spiro atoms. The molecule has 7 heteroatoms. The van der Waals surface area contributed by atoms with Gasteiger partial charge >= 0.3 is 5.97 Å². The van der Waals surface area contributed by atoms with Crippen molar-refractivity contribution in [3.63, 3.8) is 0 Å². The van der Waals surface area contributed by atoms with Crippen LogP contribution in [0.4, 0.5) is 4.39 Å². The molecule has 0 saturated carbocycles. The van der Waals surface area contributed by atoms with Gasteiger partial charge in [-0.05, 0) is 0 Å². The average Bonchev–Trinajstić information content (AvgIpc) is 2.74. The number of nitrogens with one attached hydrogen (secondary N) is 1. The second-order valence-electron chi connectivity index (χ2n) is 3.79. The first-order valence-electron chi connectivity index (χ1n) is 5.02. The lowest BCUT2D eigenvalue weighted by molar-refractivity contribution is -0.139. The number of aromatic nitrogens is 1. The first kappa shape index (κ1) is 13.1. The second kappa shape index (κ2) is 5.42. The van der Waals surface area contributed by atoms with E-state index in [-0.39, 0.29) is 11.6 Å². The zero-order valence-electron chi connectivity index (χ0n) is 9.44. The molecule has 1 aromatic heterocycles. The summed E-state index contributed by atoms with van der Waals surface area (Å²) in [4.78, 5) is 22.0. The highest BCUT2D eigenvalue weighted by atomic mass is 19.1. The molecule has 1 rings (SSSR count). The van der Waals surface area contributed by atoms with Crippen LogP contribution in [-0.2, 0) is 4.79 Å². The molecule has 0 fully saturated rings. The predicted molar refractivity (Wildman–Crippen MR) is 55.5 cm³/mol. The molecule has 2 N–H and O–H groups in total. The maximum atomic E-state index is 12.3. The smallest absolute Gasteiger partial charge is 0.328 e. The number of carbonyl (C=O) groups excluding carboxylic acids is 1. The number of amides is 1. The third-order valence-corrected chi connectivity index (χ3v) is 2.09. The molecule has 0 bridgehead atoms. The maximum Gasteiger partial charge on any atom is 0.328 e. The van der Waals surface area contributed by atoms with Crippen LogP contribution in [-0.4, -0.2) is 34.9 Å². The fourth-order valence-corrected chi connectivity index (χ4v) is 1.07. The van der Waals surface area contributed by atoms with E-state index in [0.717, 1.165) is 0 Å². The lowest BCUT2D eigenvalue weighted by Gasteiger charge is -2.08. The normalized spacial score (nSPS) is 12.5. The zero-order valence-corrected chi connectivity index (χ0v) is 9.44. The molecular weight excluding hydrogens is 231 g/mol. The summed E-state index contributed by atoms with van der Waals surface area (Å²) in [5.74, 6) is -1.65. The molecule has 1 aromatic rings. The molecule has 1 atom stereocenters. The number of nitrogens with zero attached hydrogens (tertiary/aromatic N) is 1. The van der Waals surface area contributed by atoms with Gasteiger partial charge < -0.3 is 14.9 Å². The molecule has 0 radical (unpaired) electrons. The molecule has 0 aliphatic rings. The first-order valence-corrected chi connectivity index (χ1v) is 5.02. The molecule has 0 saturated heterocycles. The highest BCUT2D eigenvalue weighted by Gasteiger charge is 2.22. The van der Waals surface area contributed by atoms with Crippen LogP contribution in [0, 0.1) is 0 Å². The standard InChI is InChI=1S/C10H13FN2O4/c1-5(2)8-3-6(13-17-8)9(14)12-7(4-11)10(15)16/h3,5,7H,4H2,1-2H3,(H,12,14)(H,15,16). The molecule has 94 valence electrons. The summed E-state index contributed by atoms with van der Waals surface area (Å²) in [5.41, 5.74) is -0.0617. The third-order valence-electron chi connectivity index (χ3n) is 2.09. The maximum absolute atomic E-state index is 12.3. The second-order valence-corrected chi connectivity index (χ2v) is 3.79. The van der Waals surface area contributed by atoms with Gasteiger partial charge in [-0.3, -0.25) is 4.79 Å². The SMILES string of the molecule is CC(C)c1cc(C(=O)NC(CF)C(=O)O)no1. The zero-order chi connectivity index (χ0) is 13.0. The molecule has 0 aromatic carbocycles. The lowest BCUT2D eigenvalue weighted by atomic mass is 10.1. The minimum atomic E-state index is -1.57. The van der Waals surface area contributed by atoms with Gasteiger partial charge in [0.15, 0.2) is 11.7 Å². The molecule has 17 heavy (non-hydrogen) atoms. The number of carbonyl (C=O) groups is 2. The Kier molecular flexibility index (Phi) is 4.19. The van der Waals surface area contributed by atoms with Gasteiger partial charge in [0.2, 0.25) is 0 Å². The summed E-state index contributed by atoms with van der Waals surface area (Å²) in [7, 11) is 0. The van der Waals surface area contributed by atoms with E-state index in [1.165, 1.54) is 6.07 Å². The summed E-state index contributed by atoms with van der Waals surface area (Å²) >= 11 is 0. The van der Waals surface area contributed by atoms with Gasteiger partial charge in [-0.15, -0.1) is 0 Å². The van der Waals surface area contributed by atoms with E-state index in [1.54, 1.807) is 0 Å². The van der Waals surface area contributed by atoms with Crippen molar-refractivity contribution in [3.8, 4) is 0 Å². The molecule has 1 unspecified atom stereocenters. The Morgan fingerprint density at radius 2 is 2.24 bits per heavy atom. The van der Waals surface area contributed by atoms with Crippen molar-refractivity contribution in [2.24, 2.45) is 0 Å². The molecule has 1 heterocycles. The average molecular weight is 244 g/mol. The van der Waals surface area contributed by atoms with Crippen molar-refractivity contribution < 1.29 is 23.6 Å². The van der Waals surface area contributed by atoms with Gasteiger partial charge in [0.05, 0.1) is 0 Å².